The predicted octanol–water partition coefficient (Wildman–Crippen LogP) is 3.93. The second-order valence-electron chi connectivity index (χ2n) is 4.49. The minimum Gasteiger partial charge on any atom is -0.436 e. The van der Waals surface area contributed by atoms with Gasteiger partial charge in [0.1, 0.15) is 16.4 Å². The molecule has 108 valence electrons. The molecular weight excluding hydrogens is 309 g/mol. The Morgan fingerprint density at radius 3 is 2.81 bits per heavy atom. The Balaban J connectivity index is 2.07. The van der Waals surface area contributed by atoms with Gasteiger partial charge in [0.15, 0.2) is 0 Å². The van der Waals surface area contributed by atoms with Gasteiger partial charge >= 0.3 is 0 Å². The van der Waals surface area contributed by atoms with Gasteiger partial charge in [0.05, 0.1) is 10.7 Å². The van der Waals surface area contributed by atoms with Crippen LogP contribution < -0.4 is 10.5 Å². The second kappa shape index (κ2) is 5.93. The summed E-state index contributed by atoms with van der Waals surface area (Å²) in [6, 6.07) is 11.0. The van der Waals surface area contributed by atoms with Gasteiger partial charge in [-0.2, -0.15) is 4.98 Å². The first-order valence-electron chi connectivity index (χ1n) is 6.48. The van der Waals surface area contributed by atoms with Gasteiger partial charge in [0, 0.05) is 12.6 Å². The minimum absolute atomic E-state index is 0.370. The van der Waals surface area contributed by atoms with Crippen LogP contribution in [0.2, 0.25) is 10.0 Å². The summed E-state index contributed by atoms with van der Waals surface area (Å²) in [5.74, 6) is 0.974. The van der Waals surface area contributed by atoms with Crippen LogP contribution in [0.4, 0.5) is 0 Å². The van der Waals surface area contributed by atoms with Crippen LogP contribution in [0, 0.1) is 0 Å². The van der Waals surface area contributed by atoms with Crippen molar-refractivity contribution in [1.29, 1.82) is 0 Å². The number of hydrogen-bond donors (Lipinski definition) is 1. The van der Waals surface area contributed by atoms with Gasteiger partial charge in [-0.25, -0.2) is 0 Å². The van der Waals surface area contributed by atoms with Crippen molar-refractivity contribution < 1.29 is 4.74 Å². The zero-order valence-electron chi connectivity index (χ0n) is 11.1. The molecule has 2 aromatic heterocycles. The van der Waals surface area contributed by atoms with Crippen LogP contribution in [0.3, 0.4) is 0 Å². The number of pyridine rings is 1. The third-order valence-corrected chi connectivity index (χ3v) is 3.90. The summed E-state index contributed by atoms with van der Waals surface area (Å²) in [5, 5.41) is 0.813. The molecule has 2 N–H and O–H groups in total. The van der Waals surface area contributed by atoms with Crippen LogP contribution in [-0.4, -0.2) is 15.9 Å². The predicted molar refractivity (Wildman–Crippen MR) is 84.5 cm³/mol. The maximum Gasteiger partial charge on any atom is 0.241 e. The van der Waals surface area contributed by atoms with E-state index in [2.05, 4.69) is 4.98 Å². The van der Waals surface area contributed by atoms with Crippen LogP contribution in [0.5, 0.6) is 11.6 Å². The molecule has 3 aromatic rings. The van der Waals surface area contributed by atoms with Gasteiger partial charge in [-0.1, -0.05) is 35.3 Å². The van der Waals surface area contributed by atoms with Crippen molar-refractivity contribution in [2.24, 2.45) is 5.73 Å². The summed E-state index contributed by atoms with van der Waals surface area (Å²) in [4.78, 5) is 4.48. The molecule has 0 atom stereocenters. The molecule has 0 spiro atoms. The van der Waals surface area contributed by atoms with E-state index in [4.69, 9.17) is 33.7 Å². The number of imidazole rings is 1. The fourth-order valence-electron chi connectivity index (χ4n) is 2.14. The molecule has 0 amide bonds. The number of hydrogen-bond acceptors (Lipinski definition) is 3. The lowest BCUT2D eigenvalue weighted by Crippen LogP contribution is -2.06. The fraction of sp³-hybridized carbons (Fsp3) is 0.133. The molecule has 2 heterocycles. The molecule has 3 rings (SSSR count). The van der Waals surface area contributed by atoms with E-state index >= 15 is 0 Å². The molecule has 0 fully saturated rings. The third-order valence-electron chi connectivity index (χ3n) is 3.10. The summed E-state index contributed by atoms with van der Waals surface area (Å²) in [7, 11) is 0. The number of fused-ring (bicyclic) bond motifs is 1. The summed E-state index contributed by atoms with van der Waals surface area (Å²) >= 11 is 12.2. The summed E-state index contributed by atoms with van der Waals surface area (Å²) in [5.41, 5.74) is 7.39. The molecular formula is C15H13Cl2N3O. The van der Waals surface area contributed by atoms with Crippen molar-refractivity contribution in [3.8, 4) is 11.6 Å². The number of rotatable bonds is 4. The quantitative estimate of drug-likeness (QED) is 0.792. The van der Waals surface area contributed by atoms with Crippen LogP contribution in [0.1, 0.15) is 5.69 Å². The Morgan fingerprint density at radius 2 is 2.00 bits per heavy atom. The van der Waals surface area contributed by atoms with E-state index < -0.39 is 0 Å². The molecule has 0 unspecified atom stereocenters. The smallest absolute Gasteiger partial charge is 0.241 e. The van der Waals surface area contributed by atoms with Crippen molar-refractivity contribution in [2.75, 3.05) is 6.54 Å². The van der Waals surface area contributed by atoms with Crippen LogP contribution in [0.25, 0.3) is 5.65 Å². The van der Waals surface area contributed by atoms with Crippen molar-refractivity contribution in [3.05, 3.63) is 58.3 Å². The Bertz CT molecular complexity index is 786. The van der Waals surface area contributed by atoms with Crippen LogP contribution in [0.15, 0.2) is 42.6 Å². The molecule has 0 aliphatic carbocycles. The lowest BCUT2D eigenvalue weighted by atomic mass is 10.3. The topological polar surface area (TPSA) is 52.5 Å². The van der Waals surface area contributed by atoms with Gasteiger partial charge < -0.3 is 14.9 Å². The SMILES string of the molecule is NCCc1c(Oc2cccc(Cl)c2Cl)nc2ccccn12. The number of nitrogens with two attached hydrogens (primary N) is 1. The number of halogens is 2. The maximum atomic E-state index is 6.16. The highest BCUT2D eigenvalue weighted by Gasteiger charge is 2.15. The molecule has 0 aliphatic rings. The van der Waals surface area contributed by atoms with E-state index in [-0.39, 0.29) is 0 Å². The van der Waals surface area contributed by atoms with Crippen molar-refractivity contribution in [1.82, 2.24) is 9.38 Å². The zero-order valence-corrected chi connectivity index (χ0v) is 12.6. The molecule has 0 aliphatic heterocycles. The molecule has 4 nitrogen and oxygen atoms in total. The van der Waals surface area contributed by atoms with Crippen LogP contribution >= 0.6 is 23.2 Å². The second-order valence-corrected chi connectivity index (χ2v) is 5.27. The normalized spacial score (nSPS) is 11.0. The molecule has 6 heteroatoms. The average molecular weight is 322 g/mol. The van der Waals surface area contributed by atoms with Crippen LogP contribution in [-0.2, 0) is 6.42 Å². The molecule has 0 radical (unpaired) electrons. The number of ether oxygens (including phenoxy) is 1. The fourth-order valence-corrected chi connectivity index (χ4v) is 2.47. The van der Waals surface area contributed by atoms with Gasteiger partial charge in [-0.15, -0.1) is 0 Å². The summed E-state index contributed by atoms with van der Waals surface area (Å²) in [6.07, 6.45) is 2.58. The largest absolute Gasteiger partial charge is 0.436 e. The Labute approximate surface area is 132 Å². The van der Waals surface area contributed by atoms with E-state index in [1.54, 1.807) is 18.2 Å². The van der Waals surface area contributed by atoms with Crippen molar-refractivity contribution in [3.63, 3.8) is 0 Å². The first-order valence-corrected chi connectivity index (χ1v) is 7.24. The van der Waals surface area contributed by atoms with E-state index in [1.807, 2.05) is 28.8 Å². The minimum atomic E-state index is 0.370. The zero-order chi connectivity index (χ0) is 14.8. The molecule has 0 saturated heterocycles. The van der Waals surface area contributed by atoms with E-state index in [1.165, 1.54) is 0 Å². The van der Waals surface area contributed by atoms with E-state index in [9.17, 15) is 0 Å². The summed E-state index contributed by atoms with van der Waals surface area (Å²) < 4.78 is 7.81. The Morgan fingerprint density at radius 1 is 1.14 bits per heavy atom. The van der Waals surface area contributed by atoms with Crippen molar-refractivity contribution >= 4 is 28.8 Å². The van der Waals surface area contributed by atoms with Gasteiger partial charge in [0.25, 0.3) is 0 Å². The first kappa shape index (κ1) is 14.2. The average Bonchev–Trinajstić information content (AvgIpc) is 2.82. The van der Waals surface area contributed by atoms with Gasteiger partial charge in [-0.05, 0) is 30.8 Å². The highest BCUT2D eigenvalue weighted by molar-refractivity contribution is 6.42. The molecule has 21 heavy (non-hydrogen) atoms. The third kappa shape index (κ3) is 2.70. The Kier molecular flexibility index (Phi) is 4.01. The maximum absolute atomic E-state index is 6.16. The highest BCUT2D eigenvalue weighted by atomic mass is 35.5. The Hall–Kier alpha value is -1.75. The number of aromatic nitrogens is 2. The van der Waals surface area contributed by atoms with E-state index in [0.29, 0.717) is 34.6 Å². The van der Waals surface area contributed by atoms with Gasteiger partial charge in [0.2, 0.25) is 5.88 Å². The van der Waals surface area contributed by atoms with Gasteiger partial charge in [-0.3, -0.25) is 0 Å². The lowest BCUT2D eigenvalue weighted by molar-refractivity contribution is 0.459. The molecule has 1 aromatic carbocycles. The monoisotopic (exact) mass is 321 g/mol. The summed E-state index contributed by atoms with van der Waals surface area (Å²) in [6.45, 7) is 0.502. The number of benzene rings is 1. The van der Waals surface area contributed by atoms with Crippen molar-refractivity contribution in [2.45, 2.75) is 6.42 Å². The lowest BCUT2D eigenvalue weighted by Gasteiger charge is -2.08. The first-order chi connectivity index (χ1) is 10.2. The standard InChI is InChI=1S/C15H13Cl2N3O/c16-10-4-3-5-12(14(10)17)21-15-11(7-8-18)20-9-2-1-6-13(20)19-15/h1-6,9H,7-8,18H2. The highest BCUT2D eigenvalue weighted by Crippen LogP contribution is 2.35. The number of nitrogens with zero attached hydrogens (tertiary/aromatic N) is 2. The van der Waals surface area contributed by atoms with E-state index in [0.717, 1.165) is 11.3 Å². The molecule has 0 saturated carbocycles. The molecule has 0 bridgehead atoms.